The molecule has 0 bridgehead atoms. The molecule has 0 fully saturated rings. The molecular weight excluding hydrogens is 277 g/mol. The van der Waals surface area contributed by atoms with Gasteiger partial charge in [-0.25, -0.2) is 4.98 Å². The minimum atomic E-state index is 0.551. The maximum atomic E-state index is 5.62. The van der Waals surface area contributed by atoms with Gasteiger partial charge in [0.1, 0.15) is 5.76 Å². The van der Waals surface area contributed by atoms with E-state index < -0.39 is 0 Å². The van der Waals surface area contributed by atoms with Gasteiger partial charge < -0.3 is 4.42 Å². The molecule has 78 valence electrons. The Kier molecular flexibility index (Phi) is 3.44. The molecule has 1 aromatic heterocycles. The van der Waals surface area contributed by atoms with Crippen LogP contribution in [0.1, 0.15) is 5.76 Å². The molecule has 1 aromatic carbocycles. The molecule has 0 spiro atoms. The summed E-state index contributed by atoms with van der Waals surface area (Å²) in [6.45, 7) is 0. The van der Waals surface area contributed by atoms with Crippen molar-refractivity contribution in [2.24, 2.45) is 0 Å². The molecule has 0 saturated heterocycles. The molecule has 15 heavy (non-hydrogen) atoms. The number of nitrogens with zero attached hydrogens (tertiary/aromatic N) is 1. The number of benzene rings is 1. The molecule has 0 saturated carbocycles. The van der Waals surface area contributed by atoms with Gasteiger partial charge in [-0.05, 0) is 24.3 Å². The first-order valence-corrected chi connectivity index (χ1v) is 5.89. The van der Waals surface area contributed by atoms with Crippen molar-refractivity contribution < 1.29 is 4.42 Å². The molecule has 0 aliphatic heterocycles. The number of halogens is 2. The van der Waals surface area contributed by atoms with E-state index in [1.165, 1.54) is 0 Å². The maximum absolute atomic E-state index is 5.62. The Morgan fingerprint density at radius 2 is 2.00 bits per heavy atom. The van der Waals surface area contributed by atoms with Crippen LogP contribution in [0.2, 0.25) is 0 Å². The molecule has 0 N–H and O–H groups in total. The monoisotopic (exact) mass is 285 g/mol. The third-order valence-corrected chi connectivity index (χ3v) is 2.70. The van der Waals surface area contributed by atoms with Crippen LogP contribution in [-0.2, 0) is 6.42 Å². The highest BCUT2D eigenvalue weighted by atomic mass is 79.9. The Labute approximate surface area is 101 Å². The quantitative estimate of drug-likeness (QED) is 0.800. The molecule has 0 amide bonds. The second-order valence-corrected chi connectivity index (χ2v) is 4.37. The van der Waals surface area contributed by atoms with Crippen molar-refractivity contribution in [1.82, 2.24) is 4.98 Å². The number of rotatable bonds is 3. The Bertz CT molecular complexity index is 438. The minimum Gasteiger partial charge on any atom is -0.441 e. The summed E-state index contributed by atoms with van der Waals surface area (Å²) in [5.41, 5.74) is 0.971. The third-order valence-electron chi connectivity index (χ3n) is 1.99. The van der Waals surface area contributed by atoms with Crippen LogP contribution in [-0.4, -0.2) is 10.9 Å². The summed E-state index contributed by atoms with van der Waals surface area (Å²) < 4.78 is 6.58. The van der Waals surface area contributed by atoms with E-state index in [-0.39, 0.29) is 0 Å². The number of hydrogen-bond acceptors (Lipinski definition) is 2. The second kappa shape index (κ2) is 4.81. The van der Waals surface area contributed by atoms with Gasteiger partial charge in [0.25, 0.3) is 0 Å². The van der Waals surface area contributed by atoms with Gasteiger partial charge in [0.05, 0.1) is 6.20 Å². The lowest BCUT2D eigenvalue weighted by atomic mass is 10.2. The molecule has 0 unspecified atom stereocenters. The SMILES string of the molecule is ClCCc1cnc(-c2ccc(Br)cc2)o1. The van der Waals surface area contributed by atoms with Crippen molar-refractivity contribution in [2.75, 3.05) is 5.88 Å². The van der Waals surface area contributed by atoms with E-state index >= 15 is 0 Å². The Balaban J connectivity index is 2.25. The maximum Gasteiger partial charge on any atom is 0.226 e. The number of aryl methyl sites for hydroxylation is 1. The number of aromatic nitrogens is 1. The average molecular weight is 287 g/mol. The highest BCUT2D eigenvalue weighted by Gasteiger charge is 2.05. The first-order chi connectivity index (χ1) is 7.29. The number of oxazole rings is 1. The van der Waals surface area contributed by atoms with Crippen LogP contribution < -0.4 is 0 Å². The zero-order chi connectivity index (χ0) is 10.7. The topological polar surface area (TPSA) is 26.0 Å². The van der Waals surface area contributed by atoms with E-state index in [4.69, 9.17) is 16.0 Å². The lowest BCUT2D eigenvalue weighted by molar-refractivity contribution is 0.525. The Morgan fingerprint density at radius 3 is 2.67 bits per heavy atom. The fourth-order valence-corrected chi connectivity index (χ4v) is 1.69. The van der Waals surface area contributed by atoms with Gasteiger partial charge in [-0.15, -0.1) is 11.6 Å². The molecule has 0 aliphatic rings. The van der Waals surface area contributed by atoms with Crippen LogP contribution in [0.3, 0.4) is 0 Å². The molecule has 0 atom stereocenters. The second-order valence-electron chi connectivity index (χ2n) is 3.08. The molecular formula is C11H9BrClNO. The Morgan fingerprint density at radius 1 is 1.27 bits per heavy atom. The zero-order valence-electron chi connectivity index (χ0n) is 7.91. The zero-order valence-corrected chi connectivity index (χ0v) is 10.3. The van der Waals surface area contributed by atoms with Gasteiger partial charge in [0, 0.05) is 22.3 Å². The lowest BCUT2D eigenvalue weighted by Crippen LogP contribution is -1.80. The smallest absolute Gasteiger partial charge is 0.226 e. The fourth-order valence-electron chi connectivity index (χ4n) is 1.24. The predicted octanol–water partition coefficient (Wildman–Crippen LogP) is 3.89. The normalized spacial score (nSPS) is 10.5. The molecule has 0 radical (unpaired) electrons. The van der Waals surface area contributed by atoms with Crippen molar-refractivity contribution in [3.05, 3.63) is 40.7 Å². The first kappa shape index (κ1) is 10.7. The summed E-state index contributed by atoms with van der Waals surface area (Å²) >= 11 is 9.00. The molecule has 0 aliphatic carbocycles. The van der Waals surface area contributed by atoms with Crippen molar-refractivity contribution in [2.45, 2.75) is 6.42 Å². The fraction of sp³-hybridized carbons (Fsp3) is 0.182. The standard InChI is InChI=1S/C11H9BrClNO/c12-9-3-1-8(2-4-9)11-14-7-10(15-11)5-6-13/h1-4,7H,5-6H2. The molecule has 2 rings (SSSR count). The molecule has 4 heteroatoms. The van der Waals surface area contributed by atoms with Gasteiger partial charge in [-0.1, -0.05) is 15.9 Å². The van der Waals surface area contributed by atoms with E-state index in [9.17, 15) is 0 Å². The van der Waals surface area contributed by atoms with Gasteiger partial charge >= 0.3 is 0 Å². The minimum absolute atomic E-state index is 0.551. The van der Waals surface area contributed by atoms with Crippen molar-refractivity contribution >= 4 is 27.5 Å². The largest absolute Gasteiger partial charge is 0.441 e. The highest BCUT2D eigenvalue weighted by molar-refractivity contribution is 9.10. The summed E-state index contributed by atoms with van der Waals surface area (Å²) in [7, 11) is 0. The van der Waals surface area contributed by atoms with E-state index in [0.717, 1.165) is 15.8 Å². The first-order valence-electron chi connectivity index (χ1n) is 4.56. The van der Waals surface area contributed by atoms with Crippen LogP contribution in [0.25, 0.3) is 11.5 Å². The average Bonchev–Trinajstić information content (AvgIpc) is 2.68. The van der Waals surface area contributed by atoms with Crippen molar-refractivity contribution in [1.29, 1.82) is 0 Å². The van der Waals surface area contributed by atoms with Gasteiger partial charge in [-0.2, -0.15) is 0 Å². The van der Waals surface area contributed by atoms with Gasteiger partial charge in [0.15, 0.2) is 0 Å². The van der Waals surface area contributed by atoms with E-state index in [2.05, 4.69) is 20.9 Å². The number of hydrogen-bond donors (Lipinski definition) is 0. The summed E-state index contributed by atoms with van der Waals surface area (Å²) in [6, 6.07) is 7.84. The van der Waals surface area contributed by atoms with Crippen LogP contribution in [0, 0.1) is 0 Å². The lowest BCUT2D eigenvalue weighted by Gasteiger charge is -1.95. The van der Waals surface area contributed by atoms with Crippen molar-refractivity contribution in [3.8, 4) is 11.5 Å². The van der Waals surface area contributed by atoms with Crippen LogP contribution in [0.15, 0.2) is 39.4 Å². The summed E-state index contributed by atoms with van der Waals surface area (Å²) in [5.74, 6) is 2.01. The highest BCUT2D eigenvalue weighted by Crippen LogP contribution is 2.21. The summed E-state index contributed by atoms with van der Waals surface area (Å²) in [4.78, 5) is 4.19. The van der Waals surface area contributed by atoms with Crippen molar-refractivity contribution in [3.63, 3.8) is 0 Å². The van der Waals surface area contributed by atoms with Gasteiger partial charge in [-0.3, -0.25) is 0 Å². The van der Waals surface area contributed by atoms with Crippen LogP contribution >= 0.6 is 27.5 Å². The van der Waals surface area contributed by atoms with E-state index in [1.54, 1.807) is 6.20 Å². The van der Waals surface area contributed by atoms with Gasteiger partial charge in [0.2, 0.25) is 5.89 Å². The molecule has 2 aromatic rings. The predicted molar refractivity (Wildman–Crippen MR) is 64.1 cm³/mol. The summed E-state index contributed by atoms with van der Waals surface area (Å²) in [5, 5.41) is 0. The van der Waals surface area contributed by atoms with E-state index in [1.807, 2.05) is 24.3 Å². The Hall–Kier alpha value is -0.800. The number of alkyl halides is 1. The molecule has 2 nitrogen and oxygen atoms in total. The van der Waals surface area contributed by atoms with Crippen LogP contribution in [0.4, 0.5) is 0 Å². The third kappa shape index (κ3) is 2.61. The van der Waals surface area contributed by atoms with Crippen LogP contribution in [0.5, 0.6) is 0 Å². The molecule has 1 heterocycles. The summed E-state index contributed by atoms with van der Waals surface area (Å²) in [6.07, 6.45) is 2.44. The van der Waals surface area contributed by atoms with E-state index in [0.29, 0.717) is 18.2 Å².